The van der Waals surface area contributed by atoms with Gasteiger partial charge in [0.15, 0.2) is 0 Å². The highest BCUT2D eigenvalue weighted by molar-refractivity contribution is 5.27. The average Bonchev–Trinajstić information content (AvgIpc) is 2.47. The molecule has 0 amide bonds. The minimum absolute atomic E-state index is 0.107. The van der Waals surface area contributed by atoms with Gasteiger partial charge in [0.25, 0.3) is 0 Å². The van der Waals surface area contributed by atoms with Crippen LogP contribution in [-0.4, -0.2) is 13.1 Å². The van der Waals surface area contributed by atoms with Gasteiger partial charge in [-0.3, -0.25) is 0 Å². The molecule has 2 aromatic carbocycles. The zero-order chi connectivity index (χ0) is 15.3. The maximum atomic E-state index is 12.7. The van der Waals surface area contributed by atoms with E-state index in [1.165, 1.54) is 17.7 Å². The zero-order valence-corrected chi connectivity index (χ0v) is 11.8. The summed E-state index contributed by atoms with van der Waals surface area (Å²) in [6.45, 7) is 0. The molecular formula is C17H18F3N. The summed E-state index contributed by atoms with van der Waals surface area (Å²) in [4.78, 5) is 0. The van der Waals surface area contributed by atoms with E-state index < -0.39 is 11.7 Å². The van der Waals surface area contributed by atoms with Gasteiger partial charge in [-0.15, -0.1) is 0 Å². The predicted octanol–water partition coefficient (Wildman–Crippen LogP) is 4.08. The summed E-state index contributed by atoms with van der Waals surface area (Å²) in [6, 6.07) is 15.6. The molecule has 0 saturated carbocycles. The Morgan fingerprint density at radius 2 is 1.52 bits per heavy atom. The van der Waals surface area contributed by atoms with E-state index in [4.69, 9.17) is 0 Å². The van der Waals surface area contributed by atoms with Crippen LogP contribution in [0, 0.1) is 0 Å². The topological polar surface area (TPSA) is 12.0 Å². The van der Waals surface area contributed by atoms with Crippen molar-refractivity contribution in [2.45, 2.75) is 25.1 Å². The van der Waals surface area contributed by atoms with Crippen LogP contribution in [0.1, 0.15) is 16.7 Å². The standard InChI is InChI=1S/C17H18F3N/c1-21-16(11-13-6-3-2-4-7-13)12-14-8-5-9-15(10-14)17(18,19)20/h2-10,16,21H,11-12H2,1H3. The summed E-state index contributed by atoms with van der Waals surface area (Å²) in [7, 11) is 1.83. The largest absolute Gasteiger partial charge is 0.416 e. The third kappa shape index (κ3) is 4.60. The Bertz CT molecular complexity index is 564. The lowest BCUT2D eigenvalue weighted by molar-refractivity contribution is -0.137. The van der Waals surface area contributed by atoms with Gasteiger partial charge < -0.3 is 5.32 Å². The molecule has 0 spiro atoms. The van der Waals surface area contributed by atoms with Crippen molar-refractivity contribution in [3.63, 3.8) is 0 Å². The number of likely N-dealkylation sites (N-methyl/N-ethyl adjacent to an activating group) is 1. The summed E-state index contributed by atoms with van der Waals surface area (Å²) in [5.74, 6) is 0. The molecule has 0 fully saturated rings. The Hall–Kier alpha value is -1.81. The van der Waals surface area contributed by atoms with Crippen LogP contribution in [-0.2, 0) is 19.0 Å². The quantitative estimate of drug-likeness (QED) is 0.876. The second-order valence-corrected chi connectivity index (χ2v) is 5.08. The Labute approximate surface area is 122 Å². The molecule has 0 aromatic heterocycles. The Balaban J connectivity index is 2.08. The molecule has 0 aliphatic carbocycles. The van der Waals surface area contributed by atoms with Gasteiger partial charge in [-0.1, -0.05) is 48.5 Å². The van der Waals surface area contributed by atoms with Crippen molar-refractivity contribution in [2.24, 2.45) is 0 Å². The van der Waals surface area contributed by atoms with Crippen molar-refractivity contribution in [1.29, 1.82) is 0 Å². The van der Waals surface area contributed by atoms with Crippen LogP contribution in [0.2, 0.25) is 0 Å². The fourth-order valence-electron chi connectivity index (χ4n) is 2.33. The SMILES string of the molecule is CNC(Cc1ccccc1)Cc1cccc(C(F)(F)F)c1. The van der Waals surface area contributed by atoms with Crippen LogP contribution in [0.4, 0.5) is 13.2 Å². The number of halogens is 3. The maximum Gasteiger partial charge on any atom is 0.416 e. The first-order valence-electron chi connectivity index (χ1n) is 6.86. The second kappa shape index (κ2) is 6.76. The molecular weight excluding hydrogens is 275 g/mol. The van der Waals surface area contributed by atoms with Crippen LogP contribution in [0.5, 0.6) is 0 Å². The number of rotatable bonds is 5. The van der Waals surface area contributed by atoms with Gasteiger partial charge in [0.1, 0.15) is 0 Å². The van der Waals surface area contributed by atoms with E-state index in [0.29, 0.717) is 12.0 Å². The first-order valence-corrected chi connectivity index (χ1v) is 6.86. The molecule has 0 bridgehead atoms. The van der Waals surface area contributed by atoms with Crippen LogP contribution in [0.15, 0.2) is 54.6 Å². The lowest BCUT2D eigenvalue weighted by atomic mass is 9.98. The molecule has 0 aliphatic heterocycles. The van der Waals surface area contributed by atoms with Crippen molar-refractivity contribution in [2.75, 3.05) is 7.05 Å². The number of nitrogens with one attached hydrogen (secondary N) is 1. The fourth-order valence-corrected chi connectivity index (χ4v) is 2.33. The van der Waals surface area contributed by atoms with E-state index in [-0.39, 0.29) is 6.04 Å². The second-order valence-electron chi connectivity index (χ2n) is 5.08. The lowest BCUT2D eigenvalue weighted by Gasteiger charge is -2.17. The smallest absolute Gasteiger partial charge is 0.316 e. The molecule has 1 unspecified atom stereocenters. The minimum atomic E-state index is -4.29. The molecule has 4 heteroatoms. The normalized spacial score (nSPS) is 13.1. The highest BCUT2D eigenvalue weighted by atomic mass is 19.4. The first-order chi connectivity index (χ1) is 9.99. The lowest BCUT2D eigenvalue weighted by Crippen LogP contribution is -2.30. The summed E-state index contributed by atoms with van der Waals surface area (Å²) >= 11 is 0. The van der Waals surface area contributed by atoms with Crippen LogP contribution >= 0.6 is 0 Å². The molecule has 21 heavy (non-hydrogen) atoms. The molecule has 0 saturated heterocycles. The average molecular weight is 293 g/mol. The van der Waals surface area contributed by atoms with Gasteiger partial charge in [-0.25, -0.2) is 0 Å². The Morgan fingerprint density at radius 3 is 2.14 bits per heavy atom. The molecule has 2 aromatic rings. The van der Waals surface area contributed by atoms with Crippen molar-refractivity contribution >= 4 is 0 Å². The van der Waals surface area contributed by atoms with E-state index >= 15 is 0 Å². The van der Waals surface area contributed by atoms with Gasteiger partial charge in [-0.05, 0) is 37.1 Å². The summed E-state index contributed by atoms with van der Waals surface area (Å²) in [6.07, 6.45) is -2.94. The summed E-state index contributed by atoms with van der Waals surface area (Å²) in [5, 5.41) is 3.18. The molecule has 1 nitrogen and oxygen atoms in total. The van der Waals surface area contributed by atoms with Crippen LogP contribution in [0.25, 0.3) is 0 Å². The Kier molecular flexibility index (Phi) is 5.02. The third-order valence-corrected chi connectivity index (χ3v) is 3.47. The van der Waals surface area contributed by atoms with Crippen LogP contribution in [0.3, 0.4) is 0 Å². The maximum absolute atomic E-state index is 12.7. The van der Waals surface area contributed by atoms with E-state index in [9.17, 15) is 13.2 Å². The van der Waals surface area contributed by atoms with Crippen molar-refractivity contribution in [1.82, 2.24) is 5.32 Å². The highest BCUT2D eigenvalue weighted by Crippen LogP contribution is 2.29. The van der Waals surface area contributed by atoms with E-state index in [1.54, 1.807) is 6.07 Å². The fraction of sp³-hybridized carbons (Fsp3) is 0.294. The van der Waals surface area contributed by atoms with Crippen LogP contribution < -0.4 is 5.32 Å². The summed E-state index contributed by atoms with van der Waals surface area (Å²) in [5.41, 5.74) is 1.28. The van der Waals surface area contributed by atoms with Crippen molar-refractivity contribution in [3.8, 4) is 0 Å². The van der Waals surface area contributed by atoms with E-state index in [1.807, 2.05) is 37.4 Å². The number of hydrogen-bond donors (Lipinski definition) is 1. The third-order valence-electron chi connectivity index (χ3n) is 3.47. The highest BCUT2D eigenvalue weighted by Gasteiger charge is 2.30. The van der Waals surface area contributed by atoms with Gasteiger partial charge in [0.05, 0.1) is 5.56 Å². The molecule has 2 rings (SSSR count). The molecule has 1 atom stereocenters. The van der Waals surface area contributed by atoms with E-state index in [2.05, 4.69) is 5.32 Å². The molecule has 112 valence electrons. The number of benzene rings is 2. The van der Waals surface area contributed by atoms with Gasteiger partial charge in [0, 0.05) is 6.04 Å². The van der Waals surface area contributed by atoms with Gasteiger partial charge in [0.2, 0.25) is 0 Å². The van der Waals surface area contributed by atoms with Gasteiger partial charge >= 0.3 is 6.18 Å². The molecule has 0 heterocycles. The summed E-state index contributed by atoms with van der Waals surface area (Å²) < 4.78 is 38.2. The first kappa shape index (κ1) is 15.6. The van der Waals surface area contributed by atoms with Crippen molar-refractivity contribution in [3.05, 3.63) is 71.3 Å². The monoisotopic (exact) mass is 293 g/mol. The molecule has 1 N–H and O–H groups in total. The number of alkyl halides is 3. The zero-order valence-electron chi connectivity index (χ0n) is 11.8. The molecule has 0 radical (unpaired) electrons. The molecule has 0 aliphatic rings. The minimum Gasteiger partial charge on any atom is -0.316 e. The van der Waals surface area contributed by atoms with Crippen molar-refractivity contribution < 1.29 is 13.2 Å². The predicted molar refractivity (Wildman–Crippen MR) is 78.1 cm³/mol. The van der Waals surface area contributed by atoms with Gasteiger partial charge in [-0.2, -0.15) is 13.2 Å². The Morgan fingerprint density at radius 1 is 0.905 bits per heavy atom. The number of hydrogen-bond acceptors (Lipinski definition) is 1. The van der Waals surface area contributed by atoms with E-state index in [0.717, 1.165) is 12.5 Å².